The Kier molecular flexibility index (Phi) is 4.78. The normalized spacial score (nSPS) is 19.3. The van der Waals surface area contributed by atoms with E-state index in [1.54, 1.807) is 0 Å². The van der Waals surface area contributed by atoms with Gasteiger partial charge < -0.3 is 9.84 Å². The van der Waals surface area contributed by atoms with Crippen LogP contribution in [0.25, 0.3) is 0 Å². The lowest BCUT2D eigenvalue weighted by atomic mass is 9.94. The summed E-state index contributed by atoms with van der Waals surface area (Å²) in [6, 6.07) is 4.41. The van der Waals surface area contributed by atoms with E-state index in [4.69, 9.17) is 4.74 Å². The van der Waals surface area contributed by atoms with Crippen LogP contribution in [-0.2, 0) is 17.7 Å². The predicted octanol–water partition coefficient (Wildman–Crippen LogP) is 2.28. The Morgan fingerprint density at radius 3 is 2.61 bits per heavy atom. The quantitative estimate of drug-likeness (QED) is 0.890. The third-order valence-electron chi connectivity index (χ3n) is 3.48. The topological polar surface area (TPSA) is 32.7 Å². The first kappa shape index (κ1) is 14.0. The van der Waals surface area contributed by atoms with Gasteiger partial charge >= 0.3 is 0 Å². The smallest absolute Gasteiger partial charge is 0.0817 e. The molecule has 0 aromatic carbocycles. The van der Waals surface area contributed by atoms with Gasteiger partial charge in [0.1, 0.15) is 0 Å². The Labute approximate surface area is 113 Å². The van der Waals surface area contributed by atoms with Gasteiger partial charge in [0.2, 0.25) is 0 Å². The highest BCUT2D eigenvalue weighted by Crippen LogP contribution is 2.23. The molecule has 1 aromatic heterocycles. The summed E-state index contributed by atoms with van der Waals surface area (Å²) < 4.78 is 5.31. The summed E-state index contributed by atoms with van der Waals surface area (Å²) in [5, 5.41) is 10.5. The van der Waals surface area contributed by atoms with Crippen LogP contribution in [0.5, 0.6) is 0 Å². The minimum atomic E-state index is -0.558. The highest BCUT2D eigenvalue weighted by molar-refractivity contribution is 7.11. The van der Waals surface area contributed by atoms with Gasteiger partial charge in [-0.05, 0) is 25.6 Å². The molecular formula is C14H23NO2S. The number of ether oxygens (including phenoxy) is 1. The fourth-order valence-corrected chi connectivity index (χ4v) is 3.47. The molecule has 1 aliphatic heterocycles. The van der Waals surface area contributed by atoms with Crippen LogP contribution in [0.1, 0.15) is 29.5 Å². The molecule has 0 radical (unpaired) electrons. The maximum Gasteiger partial charge on any atom is 0.0817 e. The van der Waals surface area contributed by atoms with Crippen molar-refractivity contribution in [2.45, 2.75) is 38.3 Å². The Hall–Kier alpha value is -0.420. The molecule has 0 spiro atoms. The molecule has 1 fully saturated rings. The van der Waals surface area contributed by atoms with Gasteiger partial charge in [-0.3, -0.25) is 4.90 Å². The first-order valence-electron chi connectivity index (χ1n) is 6.67. The molecule has 18 heavy (non-hydrogen) atoms. The standard InChI is InChI=1S/C14H23NO2S/c1-3-12-4-5-13(18-12)10-15(2)11-14(16)6-8-17-9-7-14/h4-5,16H,3,6-11H2,1-2H3. The summed E-state index contributed by atoms with van der Waals surface area (Å²) in [7, 11) is 2.08. The van der Waals surface area contributed by atoms with Crippen LogP contribution in [0, 0.1) is 0 Å². The summed E-state index contributed by atoms with van der Waals surface area (Å²) in [5.74, 6) is 0. The zero-order valence-corrected chi connectivity index (χ0v) is 12.1. The number of hydrogen-bond donors (Lipinski definition) is 1. The maximum atomic E-state index is 10.5. The van der Waals surface area contributed by atoms with E-state index in [1.807, 2.05) is 11.3 Å². The molecule has 1 aliphatic rings. The molecule has 0 atom stereocenters. The fourth-order valence-electron chi connectivity index (χ4n) is 2.43. The number of likely N-dealkylation sites (N-methyl/N-ethyl adjacent to an activating group) is 1. The van der Waals surface area contributed by atoms with Crippen LogP contribution < -0.4 is 0 Å². The molecule has 2 heterocycles. The van der Waals surface area contributed by atoms with Gasteiger partial charge in [-0.25, -0.2) is 0 Å². The molecular weight excluding hydrogens is 246 g/mol. The van der Waals surface area contributed by atoms with Crippen molar-refractivity contribution in [1.29, 1.82) is 0 Å². The van der Waals surface area contributed by atoms with Gasteiger partial charge in [0.05, 0.1) is 5.60 Å². The van der Waals surface area contributed by atoms with Crippen molar-refractivity contribution in [2.24, 2.45) is 0 Å². The Morgan fingerprint density at radius 2 is 2.00 bits per heavy atom. The van der Waals surface area contributed by atoms with Gasteiger partial charge in [-0.15, -0.1) is 11.3 Å². The van der Waals surface area contributed by atoms with E-state index in [2.05, 4.69) is 31.0 Å². The van der Waals surface area contributed by atoms with Gasteiger partial charge in [0, 0.05) is 48.9 Å². The third-order valence-corrected chi connectivity index (χ3v) is 4.69. The molecule has 0 bridgehead atoms. The number of aliphatic hydroxyl groups is 1. The fraction of sp³-hybridized carbons (Fsp3) is 0.714. The number of aryl methyl sites for hydroxylation is 1. The Balaban J connectivity index is 1.85. The van der Waals surface area contributed by atoms with E-state index >= 15 is 0 Å². The van der Waals surface area contributed by atoms with Crippen LogP contribution >= 0.6 is 11.3 Å². The van der Waals surface area contributed by atoms with Crippen LogP contribution in [0.3, 0.4) is 0 Å². The Bertz CT molecular complexity index is 372. The zero-order chi connectivity index (χ0) is 13.0. The van der Waals surface area contributed by atoms with Crippen LogP contribution in [0.4, 0.5) is 0 Å². The highest BCUT2D eigenvalue weighted by Gasteiger charge is 2.30. The molecule has 0 saturated carbocycles. The SMILES string of the molecule is CCc1ccc(CN(C)CC2(O)CCOCC2)s1. The average Bonchev–Trinajstić information content (AvgIpc) is 2.76. The number of rotatable bonds is 5. The number of hydrogen-bond acceptors (Lipinski definition) is 4. The molecule has 1 aromatic rings. The van der Waals surface area contributed by atoms with Gasteiger partial charge in [-0.1, -0.05) is 6.92 Å². The molecule has 1 N–H and O–H groups in total. The van der Waals surface area contributed by atoms with Gasteiger partial charge in [-0.2, -0.15) is 0 Å². The van der Waals surface area contributed by atoms with Crippen molar-refractivity contribution in [3.63, 3.8) is 0 Å². The van der Waals surface area contributed by atoms with E-state index in [-0.39, 0.29) is 0 Å². The molecule has 3 nitrogen and oxygen atoms in total. The monoisotopic (exact) mass is 269 g/mol. The van der Waals surface area contributed by atoms with Crippen molar-refractivity contribution in [3.8, 4) is 0 Å². The second-order valence-corrected chi connectivity index (χ2v) is 6.48. The zero-order valence-electron chi connectivity index (χ0n) is 11.3. The maximum absolute atomic E-state index is 10.5. The van der Waals surface area contributed by atoms with E-state index in [0.717, 1.165) is 32.4 Å². The molecule has 102 valence electrons. The number of nitrogens with zero attached hydrogens (tertiary/aromatic N) is 1. The lowest BCUT2D eigenvalue weighted by Crippen LogP contribution is -2.45. The third kappa shape index (κ3) is 3.79. The van der Waals surface area contributed by atoms with Gasteiger partial charge in [0.25, 0.3) is 0 Å². The van der Waals surface area contributed by atoms with Crippen LogP contribution in [0.2, 0.25) is 0 Å². The molecule has 4 heteroatoms. The van der Waals surface area contributed by atoms with Crippen LogP contribution in [0.15, 0.2) is 12.1 Å². The molecule has 0 aliphatic carbocycles. The summed E-state index contributed by atoms with van der Waals surface area (Å²) >= 11 is 1.87. The van der Waals surface area contributed by atoms with Gasteiger partial charge in [0.15, 0.2) is 0 Å². The molecule has 1 saturated heterocycles. The number of thiophene rings is 1. The summed E-state index contributed by atoms with van der Waals surface area (Å²) in [6.45, 7) is 5.21. The summed E-state index contributed by atoms with van der Waals surface area (Å²) in [6.07, 6.45) is 2.61. The highest BCUT2D eigenvalue weighted by atomic mass is 32.1. The van der Waals surface area contributed by atoms with Crippen molar-refractivity contribution in [2.75, 3.05) is 26.8 Å². The summed E-state index contributed by atoms with van der Waals surface area (Å²) in [4.78, 5) is 5.03. The molecule has 2 rings (SSSR count). The lowest BCUT2D eigenvalue weighted by molar-refractivity contribution is -0.0776. The lowest BCUT2D eigenvalue weighted by Gasteiger charge is -2.35. The van der Waals surface area contributed by atoms with Crippen molar-refractivity contribution in [1.82, 2.24) is 4.90 Å². The minimum Gasteiger partial charge on any atom is -0.388 e. The van der Waals surface area contributed by atoms with Crippen LogP contribution in [-0.4, -0.2) is 42.4 Å². The van der Waals surface area contributed by atoms with E-state index in [9.17, 15) is 5.11 Å². The second kappa shape index (κ2) is 6.15. The predicted molar refractivity (Wildman–Crippen MR) is 75.0 cm³/mol. The second-order valence-electron chi connectivity index (χ2n) is 5.23. The van der Waals surface area contributed by atoms with Crippen molar-refractivity contribution in [3.05, 3.63) is 21.9 Å². The summed E-state index contributed by atoms with van der Waals surface area (Å²) in [5.41, 5.74) is -0.558. The Morgan fingerprint density at radius 1 is 1.33 bits per heavy atom. The largest absolute Gasteiger partial charge is 0.388 e. The molecule has 0 amide bonds. The van der Waals surface area contributed by atoms with E-state index < -0.39 is 5.60 Å². The average molecular weight is 269 g/mol. The van der Waals surface area contributed by atoms with E-state index in [0.29, 0.717) is 13.2 Å². The van der Waals surface area contributed by atoms with E-state index in [1.165, 1.54) is 9.75 Å². The first-order chi connectivity index (χ1) is 8.61. The minimum absolute atomic E-state index is 0.558. The van der Waals surface area contributed by atoms with Crippen molar-refractivity contribution >= 4 is 11.3 Å². The first-order valence-corrected chi connectivity index (χ1v) is 7.49. The van der Waals surface area contributed by atoms with Crippen molar-refractivity contribution < 1.29 is 9.84 Å². The molecule has 0 unspecified atom stereocenters.